The molecule has 0 saturated carbocycles. The van der Waals surface area contributed by atoms with Gasteiger partial charge in [-0.15, -0.1) is 0 Å². The van der Waals surface area contributed by atoms with Gasteiger partial charge in [0.25, 0.3) is 0 Å². The Hall–Kier alpha value is -3.67. The highest BCUT2D eigenvalue weighted by atomic mass is 16.4. The lowest BCUT2D eigenvalue weighted by Crippen LogP contribution is -2.29. The molecule has 4 rings (SSSR count). The zero-order valence-electron chi connectivity index (χ0n) is 15.6. The normalized spacial score (nSPS) is 12.1. The Balaban J connectivity index is 1.94. The standard InChI is InChI=1S/C22H20N4O2/c1-15-13-16(2)25(23-15)21(22(27)28)26-20(18-11-7-4-8-12-18)14-19(24-26)17-9-5-3-6-10-17/h3-14,21H,1-2H3,(H,27,28). The summed E-state index contributed by atoms with van der Waals surface area (Å²) >= 11 is 0. The highest BCUT2D eigenvalue weighted by Crippen LogP contribution is 2.29. The van der Waals surface area contributed by atoms with Gasteiger partial charge in [-0.3, -0.25) is 0 Å². The van der Waals surface area contributed by atoms with Gasteiger partial charge in [-0.05, 0) is 31.5 Å². The molecule has 1 atom stereocenters. The molecule has 0 saturated heterocycles. The molecule has 28 heavy (non-hydrogen) atoms. The molecule has 0 aliphatic rings. The van der Waals surface area contributed by atoms with Crippen molar-refractivity contribution in [3.05, 3.63) is 84.2 Å². The van der Waals surface area contributed by atoms with Crippen molar-refractivity contribution in [2.45, 2.75) is 20.0 Å². The number of hydrogen-bond donors (Lipinski definition) is 1. The average molecular weight is 372 g/mol. The first kappa shape index (κ1) is 17.7. The maximum atomic E-state index is 12.3. The summed E-state index contributed by atoms with van der Waals surface area (Å²) in [5, 5.41) is 19.1. The Morgan fingerprint density at radius 2 is 1.46 bits per heavy atom. The molecular weight excluding hydrogens is 352 g/mol. The number of nitrogens with zero attached hydrogens (tertiary/aromatic N) is 4. The zero-order chi connectivity index (χ0) is 19.7. The van der Waals surface area contributed by atoms with Crippen LogP contribution in [0.5, 0.6) is 0 Å². The number of hydrogen-bond acceptors (Lipinski definition) is 3. The van der Waals surface area contributed by atoms with Gasteiger partial charge in [0.1, 0.15) is 0 Å². The summed E-state index contributed by atoms with van der Waals surface area (Å²) in [7, 11) is 0. The average Bonchev–Trinajstić information content (AvgIpc) is 3.27. The van der Waals surface area contributed by atoms with Gasteiger partial charge in [-0.25, -0.2) is 14.2 Å². The van der Waals surface area contributed by atoms with E-state index in [4.69, 9.17) is 0 Å². The van der Waals surface area contributed by atoms with Crippen LogP contribution < -0.4 is 0 Å². The summed E-state index contributed by atoms with van der Waals surface area (Å²) in [6.45, 7) is 3.69. The number of rotatable bonds is 5. The summed E-state index contributed by atoms with van der Waals surface area (Å²) in [6, 6.07) is 23.2. The molecule has 0 bridgehead atoms. The van der Waals surface area contributed by atoms with Crippen molar-refractivity contribution in [3.63, 3.8) is 0 Å². The van der Waals surface area contributed by atoms with Gasteiger partial charge >= 0.3 is 5.97 Å². The van der Waals surface area contributed by atoms with Crippen molar-refractivity contribution >= 4 is 5.97 Å². The Morgan fingerprint density at radius 1 is 0.857 bits per heavy atom. The molecule has 2 aromatic heterocycles. The van der Waals surface area contributed by atoms with Crippen molar-refractivity contribution in [2.75, 3.05) is 0 Å². The SMILES string of the molecule is Cc1cc(C)n(C(C(=O)O)n2nc(-c3ccccc3)cc2-c2ccccc2)n1. The lowest BCUT2D eigenvalue weighted by atomic mass is 10.1. The third-order valence-corrected chi connectivity index (χ3v) is 4.60. The van der Waals surface area contributed by atoms with Crippen LogP contribution in [0.15, 0.2) is 72.8 Å². The maximum Gasteiger partial charge on any atom is 0.351 e. The van der Waals surface area contributed by atoms with E-state index in [0.29, 0.717) is 5.69 Å². The molecule has 6 nitrogen and oxygen atoms in total. The van der Waals surface area contributed by atoms with Crippen LogP contribution in [-0.4, -0.2) is 30.6 Å². The van der Waals surface area contributed by atoms with Crippen LogP contribution in [0.25, 0.3) is 22.5 Å². The molecule has 1 unspecified atom stereocenters. The molecule has 0 aliphatic heterocycles. The van der Waals surface area contributed by atoms with Crippen molar-refractivity contribution in [1.82, 2.24) is 19.6 Å². The molecular formula is C22H20N4O2. The van der Waals surface area contributed by atoms with Crippen molar-refractivity contribution in [2.24, 2.45) is 0 Å². The first-order chi connectivity index (χ1) is 13.5. The topological polar surface area (TPSA) is 72.9 Å². The summed E-state index contributed by atoms with van der Waals surface area (Å²) in [5.41, 5.74) is 4.79. The number of benzene rings is 2. The second-order valence-electron chi connectivity index (χ2n) is 6.68. The van der Waals surface area contributed by atoms with E-state index in [1.807, 2.05) is 86.6 Å². The van der Waals surface area contributed by atoms with Crippen LogP contribution in [0, 0.1) is 13.8 Å². The predicted octanol–water partition coefficient (Wildman–Crippen LogP) is 4.16. The number of aryl methyl sites for hydroxylation is 2. The lowest BCUT2D eigenvalue weighted by Gasteiger charge is -2.18. The van der Waals surface area contributed by atoms with Crippen LogP contribution in [-0.2, 0) is 4.79 Å². The molecule has 0 radical (unpaired) electrons. The Morgan fingerprint density at radius 3 is 2.00 bits per heavy atom. The van der Waals surface area contributed by atoms with Gasteiger partial charge in [0.2, 0.25) is 6.17 Å². The smallest absolute Gasteiger partial charge is 0.351 e. The van der Waals surface area contributed by atoms with Gasteiger partial charge in [0, 0.05) is 11.3 Å². The van der Waals surface area contributed by atoms with Crippen molar-refractivity contribution in [1.29, 1.82) is 0 Å². The van der Waals surface area contributed by atoms with Gasteiger partial charge < -0.3 is 5.11 Å². The third kappa shape index (κ3) is 3.20. The fourth-order valence-electron chi connectivity index (χ4n) is 3.36. The van der Waals surface area contributed by atoms with E-state index < -0.39 is 12.1 Å². The minimum absolute atomic E-state index is 0.715. The number of aliphatic carboxylic acids is 1. The molecule has 0 spiro atoms. The minimum Gasteiger partial charge on any atom is -0.478 e. The molecule has 6 heteroatoms. The van der Waals surface area contributed by atoms with E-state index in [1.165, 1.54) is 4.68 Å². The summed E-state index contributed by atoms with van der Waals surface area (Å²) in [5.74, 6) is -1.02. The second-order valence-corrected chi connectivity index (χ2v) is 6.68. The highest BCUT2D eigenvalue weighted by molar-refractivity contribution is 5.75. The van der Waals surface area contributed by atoms with E-state index >= 15 is 0 Å². The number of carbonyl (C=O) groups is 1. The van der Waals surface area contributed by atoms with Crippen molar-refractivity contribution in [3.8, 4) is 22.5 Å². The number of aromatic nitrogens is 4. The fourth-order valence-corrected chi connectivity index (χ4v) is 3.36. The molecule has 0 aliphatic carbocycles. The summed E-state index contributed by atoms with van der Waals surface area (Å²) in [6.07, 6.45) is -1.08. The molecule has 0 fully saturated rings. The summed E-state index contributed by atoms with van der Waals surface area (Å²) in [4.78, 5) is 12.3. The van der Waals surface area contributed by atoms with Crippen LogP contribution in [0.4, 0.5) is 0 Å². The van der Waals surface area contributed by atoms with Crippen LogP contribution in [0.2, 0.25) is 0 Å². The third-order valence-electron chi connectivity index (χ3n) is 4.60. The zero-order valence-corrected chi connectivity index (χ0v) is 15.6. The Labute approximate surface area is 162 Å². The van der Waals surface area contributed by atoms with Crippen molar-refractivity contribution < 1.29 is 9.90 Å². The Bertz CT molecular complexity index is 1110. The first-order valence-electron chi connectivity index (χ1n) is 9.00. The fraction of sp³-hybridized carbons (Fsp3) is 0.136. The predicted molar refractivity (Wildman–Crippen MR) is 107 cm³/mol. The van der Waals surface area contributed by atoms with Gasteiger partial charge in [0.15, 0.2) is 0 Å². The summed E-state index contributed by atoms with van der Waals surface area (Å²) < 4.78 is 3.05. The molecule has 0 amide bonds. The number of carboxylic acid groups (broad SMARTS) is 1. The largest absolute Gasteiger partial charge is 0.478 e. The highest BCUT2D eigenvalue weighted by Gasteiger charge is 2.28. The number of carboxylic acids is 1. The quantitative estimate of drug-likeness (QED) is 0.571. The minimum atomic E-state index is -1.08. The van der Waals surface area contributed by atoms with Crippen LogP contribution in [0.3, 0.4) is 0 Å². The van der Waals surface area contributed by atoms with Gasteiger partial charge in [-0.1, -0.05) is 60.7 Å². The monoisotopic (exact) mass is 372 g/mol. The van der Waals surface area contributed by atoms with E-state index in [0.717, 1.165) is 28.2 Å². The van der Waals surface area contributed by atoms with Crippen LogP contribution >= 0.6 is 0 Å². The maximum absolute atomic E-state index is 12.3. The van der Waals surface area contributed by atoms with Gasteiger partial charge in [0.05, 0.1) is 17.1 Å². The molecule has 2 aromatic carbocycles. The lowest BCUT2D eigenvalue weighted by molar-refractivity contribution is -0.142. The van der Waals surface area contributed by atoms with E-state index in [-0.39, 0.29) is 0 Å². The molecule has 2 heterocycles. The molecule has 4 aromatic rings. The van der Waals surface area contributed by atoms with Crippen LogP contribution in [0.1, 0.15) is 17.6 Å². The van der Waals surface area contributed by atoms with E-state index in [1.54, 1.807) is 4.68 Å². The Kier molecular flexibility index (Phi) is 4.53. The molecule has 1 N–H and O–H groups in total. The molecule has 140 valence electrons. The van der Waals surface area contributed by atoms with E-state index in [2.05, 4.69) is 10.2 Å². The van der Waals surface area contributed by atoms with Gasteiger partial charge in [-0.2, -0.15) is 10.2 Å². The first-order valence-corrected chi connectivity index (χ1v) is 9.00. The van der Waals surface area contributed by atoms with E-state index in [9.17, 15) is 9.90 Å². The second kappa shape index (κ2) is 7.15.